The fourth-order valence-electron chi connectivity index (χ4n) is 5.94. The number of unbranched alkanes of at least 4 members (excludes halogenated alkanes) is 1. The molecule has 0 saturated carbocycles. The second kappa shape index (κ2) is 20.3. The number of fused-ring (bicyclic) bond motifs is 1. The first-order chi connectivity index (χ1) is 26.2. The fourth-order valence-corrected chi connectivity index (χ4v) is 5.94. The highest BCUT2D eigenvalue weighted by atomic mass is 16.6. The van der Waals surface area contributed by atoms with Crippen LogP contribution in [0.1, 0.15) is 77.0 Å². The number of nitrogens with one attached hydrogen (secondary N) is 3. The van der Waals surface area contributed by atoms with Gasteiger partial charge in [-0.2, -0.15) is 0 Å². The summed E-state index contributed by atoms with van der Waals surface area (Å²) < 4.78 is 12.3. The van der Waals surface area contributed by atoms with Gasteiger partial charge in [0.25, 0.3) is 0 Å². The van der Waals surface area contributed by atoms with Gasteiger partial charge >= 0.3 is 5.97 Å². The van der Waals surface area contributed by atoms with Crippen LogP contribution in [0, 0.1) is 6.92 Å². The summed E-state index contributed by atoms with van der Waals surface area (Å²) in [5, 5.41) is 24.6. The van der Waals surface area contributed by atoms with Crippen molar-refractivity contribution in [3.05, 3.63) is 107 Å². The van der Waals surface area contributed by atoms with Crippen LogP contribution in [0.4, 0.5) is 5.82 Å². The molecule has 0 fully saturated rings. The zero-order valence-electron chi connectivity index (χ0n) is 32.4. The van der Waals surface area contributed by atoms with Crippen LogP contribution in [-0.4, -0.2) is 71.4 Å². The first-order valence-corrected chi connectivity index (χ1v) is 18.6. The molecule has 292 valence electrons. The fraction of sp³-hybridized carbons (Fsp3) is 0.429. The number of nitrogens with zero attached hydrogens (tertiary/aromatic N) is 4. The summed E-state index contributed by atoms with van der Waals surface area (Å²) in [6, 6.07) is 23.5. The summed E-state index contributed by atoms with van der Waals surface area (Å²) >= 11 is 0. The monoisotopic (exact) mass is 751 g/mol. The van der Waals surface area contributed by atoms with Crippen molar-refractivity contribution in [1.29, 1.82) is 0 Å². The molecule has 0 unspecified atom stereocenters. The van der Waals surface area contributed by atoms with Crippen molar-refractivity contribution < 1.29 is 29.0 Å². The molecule has 0 aliphatic rings. The van der Waals surface area contributed by atoms with Gasteiger partial charge in [-0.05, 0) is 105 Å². The molecule has 1 heterocycles. The molecular formula is C42H53N7O6. The van der Waals surface area contributed by atoms with E-state index in [1.165, 1.54) is 0 Å². The van der Waals surface area contributed by atoms with Gasteiger partial charge in [-0.1, -0.05) is 71.8 Å². The van der Waals surface area contributed by atoms with Gasteiger partial charge in [-0.15, -0.1) is 0 Å². The molecule has 3 aromatic carbocycles. The van der Waals surface area contributed by atoms with Gasteiger partial charge in [0, 0.05) is 30.6 Å². The molecule has 4 N–H and O–H groups in total. The summed E-state index contributed by atoms with van der Waals surface area (Å²) in [6.07, 6.45) is 3.31. The van der Waals surface area contributed by atoms with Gasteiger partial charge in [0.1, 0.15) is 11.9 Å². The number of rotatable bonds is 22. The average molecular weight is 752 g/mol. The maximum atomic E-state index is 13.9. The molecule has 13 heteroatoms. The molecule has 4 rings (SSSR count). The van der Waals surface area contributed by atoms with Crippen molar-refractivity contribution in [2.75, 3.05) is 31.6 Å². The number of azide groups is 1. The third-order valence-corrected chi connectivity index (χ3v) is 9.14. The largest absolute Gasteiger partial charge is 0.481 e. The zero-order valence-corrected chi connectivity index (χ0v) is 32.4. The molecule has 2 atom stereocenters. The Bertz CT molecular complexity index is 1940. The Kier molecular flexibility index (Phi) is 15.6. The highest BCUT2D eigenvalue weighted by molar-refractivity contribution is 5.96. The molecule has 1 aromatic heterocycles. The SMILES string of the molecule is Cc1ccnc(NCCCCC(=O)N[C@@H](COC(C)(C)COC(C)(C)CCN=[N+]=[N-])C(=O)N[C@@H](CC(=O)O)c2ccc(-c3cccc4ccccc34)cc2)c1. The van der Waals surface area contributed by atoms with Crippen LogP contribution in [0.25, 0.3) is 32.3 Å². The van der Waals surface area contributed by atoms with Crippen LogP contribution < -0.4 is 16.0 Å². The van der Waals surface area contributed by atoms with Gasteiger partial charge in [-0.3, -0.25) is 14.4 Å². The summed E-state index contributed by atoms with van der Waals surface area (Å²) in [5.74, 6) is -1.23. The van der Waals surface area contributed by atoms with Gasteiger partial charge in [0.2, 0.25) is 11.8 Å². The van der Waals surface area contributed by atoms with Gasteiger partial charge in [-0.25, -0.2) is 4.98 Å². The summed E-state index contributed by atoms with van der Waals surface area (Å²) in [7, 11) is 0. The molecule has 13 nitrogen and oxygen atoms in total. The van der Waals surface area contributed by atoms with E-state index >= 15 is 0 Å². The molecule has 55 heavy (non-hydrogen) atoms. The lowest BCUT2D eigenvalue weighted by Crippen LogP contribution is -2.52. The molecule has 0 bridgehead atoms. The first kappa shape index (κ1) is 42.3. The minimum Gasteiger partial charge on any atom is -0.481 e. The number of carbonyl (C=O) groups excluding carboxylic acids is 2. The average Bonchev–Trinajstić information content (AvgIpc) is 3.15. The number of aromatic nitrogens is 1. The number of aryl methyl sites for hydroxylation is 1. The Hall–Kier alpha value is -5.49. The number of hydrogen-bond acceptors (Lipinski definition) is 8. The Balaban J connectivity index is 1.45. The maximum absolute atomic E-state index is 13.9. The molecule has 0 radical (unpaired) electrons. The highest BCUT2D eigenvalue weighted by Crippen LogP contribution is 2.30. The number of benzene rings is 3. The number of carbonyl (C=O) groups is 3. The van der Waals surface area contributed by atoms with Crippen LogP contribution in [-0.2, 0) is 23.9 Å². The van der Waals surface area contributed by atoms with E-state index in [9.17, 15) is 19.5 Å². The standard InChI is InChI=1S/C42H53N7O6/c1-29-20-23-45-37(25-29)44-22-9-8-15-38(50)47-36(27-54-42(4,5)28-55-41(2,3)21-24-46-49-43)40(53)48-35(26-39(51)52)32-18-16-31(17-19-32)34-14-10-12-30-11-6-7-13-33(30)34/h6-7,10-14,16-20,23,25,35-36H,8-9,15,21-22,24,26-28H2,1-5H3,(H,44,45)(H,47,50)(H,48,53)(H,51,52)/t35-,36-/m0/s1. The van der Waals surface area contributed by atoms with E-state index in [1.54, 1.807) is 6.20 Å². The topological polar surface area (TPSA) is 188 Å². The minimum atomic E-state index is -1.12. The lowest BCUT2D eigenvalue weighted by atomic mass is 9.95. The number of ether oxygens (including phenoxy) is 2. The molecular weight excluding hydrogens is 699 g/mol. The summed E-state index contributed by atoms with van der Waals surface area (Å²) in [5.41, 5.74) is 10.8. The predicted octanol–water partition coefficient (Wildman–Crippen LogP) is 7.90. The van der Waals surface area contributed by atoms with Crippen molar-refractivity contribution in [2.24, 2.45) is 5.11 Å². The number of amides is 2. The summed E-state index contributed by atoms with van der Waals surface area (Å²) in [6.45, 7) is 10.3. The maximum Gasteiger partial charge on any atom is 0.305 e. The van der Waals surface area contributed by atoms with E-state index in [0.717, 1.165) is 33.3 Å². The number of anilines is 1. The van der Waals surface area contributed by atoms with Gasteiger partial charge < -0.3 is 30.5 Å². The molecule has 0 aliphatic heterocycles. The van der Waals surface area contributed by atoms with Crippen LogP contribution in [0.5, 0.6) is 0 Å². The number of pyridine rings is 1. The number of hydrogen-bond donors (Lipinski definition) is 4. The molecule has 0 saturated heterocycles. The normalized spacial score (nSPS) is 12.7. The number of carboxylic acid groups (broad SMARTS) is 1. The van der Waals surface area contributed by atoms with E-state index in [0.29, 0.717) is 31.4 Å². The summed E-state index contributed by atoms with van der Waals surface area (Å²) in [4.78, 5) is 46.3. The third kappa shape index (κ3) is 14.0. The van der Waals surface area contributed by atoms with E-state index in [1.807, 2.05) is 95.3 Å². The van der Waals surface area contributed by atoms with Crippen LogP contribution in [0.15, 0.2) is 90.2 Å². The van der Waals surface area contributed by atoms with Crippen molar-refractivity contribution in [1.82, 2.24) is 15.6 Å². The van der Waals surface area contributed by atoms with Crippen LogP contribution in [0.3, 0.4) is 0 Å². The van der Waals surface area contributed by atoms with E-state index in [-0.39, 0.29) is 38.5 Å². The van der Waals surface area contributed by atoms with Crippen molar-refractivity contribution in [2.45, 2.75) is 90.0 Å². The van der Waals surface area contributed by atoms with Crippen LogP contribution >= 0.6 is 0 Å². The first-order valence-electron chi connectivity index (χ1n) is 18.6. The Labute approximate surface area is 322 Å². The Morgan fingerprint density at radius 1 is 0.927 bits per heavy atom. The van der Waals surface area contributed by atoms with Gasteiger partial charge in [0.05, 0.1) is 36.9 Å². The van der Waals surface area contributed by atoms with E-state index < -0.39 is 35.2 Å². The van der Waals surface area contributed by atoms with Crippen molar-refractivity contribution in [3.8, 4) is 11.1 Å². The third-order valence-electron chi connectivity index (χ3n) is 9.14. The molecule has 4 aromatic rings. The minimum absolute atomic E-state index is 0.159. The molecule has 0 spiro atoms. The second-order valence-electron chi connectivity index (χ2n) is 14.9. The van der Waals surface area contributed by atoms with Crippen molar-refractivity contribution in [3.63, 3.8) is 0 Å². The second-order valence-corrected chi connectivity index (χ2v) is 14.9. The van der Waals surface area contributed by atoms with Crippen molar-refractivity contribution >= 4 is 34.4 Å². The van der Waals surface area contributed by atoms with E-state index in [4.69, 9.17) is 15.0 Å². The number of aliphatic carboxylic acids is 1. The molecule has 0 aliphatic carbocycles. The molecule has 2 amide bonds. The zero-order chi connectivity index (χ0) is 39.8. The van der Waals surface area contributed by atoms with Gasteiger partial charge in [0.15, 0.2) is 0 Å². The number of carboxylic acids is 1. The van der Waals surface area contributed by atoms with Crippen LogP contribution in [0.2, 0.25) is 0 Å². The Morgan fingerprint density at radius 2 is 1.67 bits per heavy atom. The highest BCUT2D eigenvalue weighted by Gasteiger charge is 2.30. The Morgan fingerprint density at radius 3 is 2.40 bits per heavy atom. The smallest absolute Gasteiger partial charge is 0.305 e. The van der Waals surface area contributed by atoms with E-state index in [2.05, 4.69) is 49.2 Å². The predicted molar refractivity (Wildman–Crippen MR) is 214 cm³/mol. The lowest BCUT2D eigenvalue weighted by molar-refractivity contribution is -0.142. The lowest BCUT2D eigenvalue weighted by Gasteiger charge is -2.33. The quantitative estimate of drug-likeness (QED) is 0.0270.